The predicted molar refractivity (Wildman–Crippen MR) is 114 cm³/mol. The van der Waals surface area contributed by atoms with Gasteiger partial charge in [-0.3, -0.25) is 9.59 Å². The van der Waals surface area contributed by atoms with Gasteiger partial charge >= 0.3 is 10.1 Å². The standard InChI is InChI=1S/C19H17N3O6S2/c1-11(23)21-13-6-8-14(9-7-13)30(25,26)28-17-12(4-3-5-15(17)27-2)10-16-18(24)22-19(20)29-16/h3-10H,1-2H3,(H,21,23)(H2,20,22,24)/b16-10-. The van der Waals surface area contributed by atoms with Gasteiger partial charge in [0.05, 0.1) is 12.0 Å². The molecule has 156 valence electrons. The van der Waals surface area contributed by atoms with Gasteiger partial charge in [0.1, 0.15) is 4.90 Å². The van der Waals surface area contributed by atoms with Crippen molar-refractivity contribution in [2.45, 2.75) is 11.8 Å². The first-order chi connectivity index (χ1) is 14.2. The van der Waals surface area contributed by atoms with E-state index >= 15 is 0 Å². The van der Waals surface area contributed by atoms with Crippen LogP contribution in [0.1, 0.15) is 12.5 Å². The molecule has 3 rings (SSSR count). The van der Waals surface area contributed by atoms with Crippen molar-refractivity contribution >= 4 is 50.6 Å². The first-order valence-electron chi connectivity index (χ1n) is 8.47. The highest BCUT2D eigenvalue weighted by Crippen LogP contribution is 2.37. The van der Waals surface area contributed by atoms with Crippen LogP contribution in [-0.2, 0) is 19.7 Å². The second kappa shape index (κ2) is 8.59. The molecule has 0 atom stereocenters. The van der Waals surface area contributed by atoms with Crippen LogP contribution in [-0.4, -0.2) is 32.5 Å². The number of nitrogens with one attached hydrogen (secondary N) is 1. The van der Waals surface area contributed by atoms with Gasteiger partial charge in [-0.15, -0.1) is 0 Å². The number of nitrogens with zero attached hydrogens (tertiary/aromatic N) is 1. The van der Waals surface area contributed by atoms with Crippen LogP contribution < -0.4 is 20.0 Å². The Bertz CT molecular complexity index is 1170. The minimum Gasteiger partial charge on any atom is -0.493 e. The van der Waals surface area contributed by atoms with E-state index in [1.54, 1.807) is 12.1 Å². The van der Waals surface area contributed by atoms with Crippen LogP contribution in [0.5, 0.6) is 11.5 Å². The molecule has 0 spiro atoms. The lowest BCUT2D eigenvalue weighted by Gasteiger charge is -2.14. The average molecular weight is 447 g/mol. The number of benzene rings is 2. The number of rotatable bonds is 6. The highest BCUT2D eigenvalue weighted by atomic mass is 32.2. The quantitative estimate of drug-likeness (QED) is 0.508. The zero-order valence-electron chi connectivity index (χ0n) is 15.9. The fraction of sp³-hybridized carbons (Fsp3) is 0.105. The summed E-state index contributed by atoms with van der Waals surface area (Å²) in [6.07, 6.45) is 1.43. The molecule has 0 aromatic heterocycles. The molecular formula is C19H17N3O6S2. The number of amidine groups is 1. The monoisotopic (exact) mass is 447 g/mol. The van der Waals surface area contributed by atoms with Crippen molar-refractivity contribution in [1.82, 2.24) is 0 Å². The molecule has 0 aliphatic carbocycles. The lowest BCUT2D eigenvalue weighted by molar-refractivity contribution is -0.114. The molecule has 2 aromatic rings. The van der Waals surface area contributed by atoms with Crippen molar-refractivity contribution in [2.75, 3.05) is 12.4 Å². The van der Waals surface area contributed by atoms with E-state index in [0.29, 0.717) is 11.3 Å². The predicted octanol–water partition coefficient (Wildman–Crippen LogP) is 2.35. The maximum Gasteiger partial charge on any atom is 0.339 e. The van der Waals surface area contributed by atoms with Crippen molar-refractivity contribution in [3.05, 3.63) is 52.9 Å². The van der Waals surface area contributed by atoms with Gasteiger partial charge in [0.15, 0.2) is 16.7 Å². The number of methoxy groups -OCH3 is 1. The van der Waals surface area contributed by atoms with Crippen LogP contribution in [0.15, 0.2) is 57.3 Å². The summed E-state index contributed by atoms with van der Waals surface area (Å²) >= 11 is 0.970. The molecule has 2 aromatic carbocycles. The van der Waals surface area contributed by atoms with Gasteiger partial charge in [0.2, 0.25) is 5.91 Å². The van der Waals surface area contributed by atoms with Crippen molar-refractivity contribution in [2.24, 2.45) is 10.7 Å². The van der Waals surface area contributed by atoms with Gasteiger partial charge in [-0.25, -0.2) is 0 Å². The highest BCUT2D eigenvalue weighted by molar-refractivity contribution is 8.18. The van der Waals surface area contributed by atoms with E-state index in [1.807, 2.05) is 0 Å². The van der Waals surface area contributed by atoms with E-state index in [0.717, 1.165) is 11.8 Å². The number of carbonyl (C=O) groups excluding carboxylic acids is 2. The third kappa shape index (κ3) is 4.81. The van der Waals surface area contributed by atoms with Gasteiger partial charge in [-0.05, 0) is 48.2 Å². The van der Waals surface area contributed by atoms with E-state index in [4.69, 9.17) is 14.7 Å². The Morgan fingerprint density at radius 3 is 2.47 bits per heavy atom. The maximum absolute atomic E-state index is 12.8. The van der Waals surface area contributed by atoms with Crippen LogP contribution in [0.2, 0.25) is 0 Å². The first-order valence-corrected chi connectivity index (χ1v) is 10.7. The van der Waals surface area contributed by atoms with Crippen LogP contribution in [0, 0.1) is 0 Å². The number of carbonyl (C=O) groups is 2. The summed E-state index contributed by atoms with van der Waals surface area (Å²) < 4.78 is 36.2. The van der Waals surface area contributed by atoms with Gasteiger partial charge in [0, 0.05) is 18.2 Å². The molecular weight excluding hydrogens is 430 g/mol. The molecule has 1 aliphatic heterocycles. The van der Waals surface area contributed by atoms with E-state index in [9.17, 15) is 18.0 Å². The minimum atomic E-state index is -4.24. The molecule has 9 nitrogen and oxygen atoms in total. The Labute approximate surface area is 177 Å². The summed E-state index contributed by atoms with van der Waals surface area (Å²) in [6.45, 7) is 1.34. The van der Waals surface area contributed by atoms with E-state index in [2.05, 4.69) is 10.3 Å². The summed E-state index contributed by atoms with van der Waals surface area (Å²) in [4.78, 5) is 26.7. The van der Waals surface area contributed by atoms with Crippen molar-refractivity contribution < 1.29 is 26.9 Å². The number of ether oxygens (including phenoxy) is 1. The zero-order valence-corrected chi connectivity index (χ0v) is 17.5. The van der Waals surface area contributed by atoms with Crippen LogP contribution in [0.3, 0.4) is 0 Å². The largest absolute Gasteiger partial charge is 0.493 e. The summed E-state index contributed by atoms with van der Waals surface area (Å²) in [5, 5.41) is 2.65. The van der Waals surface area contributed by atoms with Crippen LogP contribution in [0.25, 0.3) is 6.08 Å². The molecule has 0 unspecified atom stereocenters. The van der Waals surface area contributed by atoms with E-state index in [-0.39, 0.29) is 32.4 Å². The molecule has 0 radical (unpaired) electrons. The SMILES string of the molecule is COc1cccc(/C=C2\SC(N)=NC2=O)c1OS(=O)(=O)c1ccc(NC(C)=O)cc1. The Kier molecular flexibility index (Phi) is 6.13. The summed E-state index contributed by atoms with van der Waals surface area (Å²) in [5.41, 5.74) is 6.30. The summed E-state index contributed by atoms with van der Waals surface area (Å²) in [5.74, 6) is -0.732. The van der Waals surface area contributed by atoms with Gasteiger partial charge in [-0.2, -0.15) is 13.4 Å². The molecule has 0 bridgehead atoms. The lowest BCUT2D eigenvalue weighted by atomic mass is 10.1. The molecule has 0 fully saturated rings. The Morgan fingerprint density at radius 1 is 1.20 bits per heavy atom. The molecule has 1 aliphatic rings. The summed E-state index contributed by atoms with van der Waals surface area (Å²) in [7, 11) is -2.87. The number of amides is 2. The normalized spacial score (nSPS) is 15.1. The van der Waals surface area contributed by atoms with Crippen molar-refractivity contribution in [3.8, 4) is 11.5 Å². The zero-order chi connectivity index (χ0) is 21.9. The molecule has 11 heteroatoms. The Balaban J connectivity index is 1.96. The highest BCUT2D eigenvalue weighted by Gasteiger charge is 2.24. The number of aliphatic imine (C=N–C) groups is 1. The molecule has 3 N–H and O–H groups in total. The van der Waals surface area contributed by atoms with Gasteiger partial charge < -0.3 is 20.0 Å². The number of para-hydroxylation sites is 1. The lowest BCUT2D eigenvalue weighted by Crippen LogP contribution is -2.12. The third-order valence-electron chi connectivity index (χ3n) is 3.81. The maximum atomic E-state index is 12.8. The first kappa shape index (κ1) is 21.4. The number of hydrogen-bond donors (Lipinski definition) is 2. The second-order valence-electron chi connectivity index (χ2n) is 5.99. The van der Waals surface area contributed by atoms with Gasteiger partial charge in [0.25, 0.3) is 5.91 Å². The van der Waals surface area contributed by atoms with Crippen LogP contribution >= 0.6 is 11.8 Å². The molecule has 2 amide bonds. The molecule has 30 heavy (non-hydrogen) atoms. The fourth-order valence-corrected chi connectivity index (χ4v) is 4.17. The average Bonchev–Trinajstić information content (AvgIpc) is 2.99. The molecule has 0 saturated carbocycles. The third-order valence-corrected chi connectivity index (χ3v) is 5.86. The van der Waals surface area contributed by atoms with Crippen LogP contribution in [0.4, 0.5) is 5.69 Å². The van der Waals surface area contributed by atoms with E-state index < -0.39 is 16.0 Å². The topological polar surface area (TPSA) is 137 Å². The summed E-state index contributed by atoms with van der Waals surface area (Å²) in [6, 6.07) is 10.2. The smallest absolute Gasteiger partial charge is 0.339 e. The number of nitrogens with two attached hydrogens (primary N) is 1. The van der Waals surface area contributed by atoms with Crippen molar-refractivity contribution in [3.63, 3.8) is 0 Å². The number of thioether (sulfide) groups is 1. The number of hydrogen-bond acceptors (Lipinski definition) is 8. The Morgan fingerprint density at radius 2 is 1.90 bits per heavy atom. The second-order valence-corrected chi connectivity index (χ2v) is 8.60. The van der Waals surface area contributed by atoms with E-state index in [1.165, 1.54) is 50.4 Å². The number of anilines is 1. The fourth-order valence-electron chi connectivity index (χ4n) is 2.53. The molecule has 1 heterocycles. The van der Waals surface area contributed by atoms with Crippen molar-refractivity contribution in [1.29, 1.82) is 0 Å². The minimum absolute atomic E-state index is 0.0858. The van der Waals surface area contributed by atoms with Gasteiger partial charge in [-0.1, -0.05) is 12.1 Å². The molecule has 0 saturated heterocycles. The Hall–Kier alpha value is -3.31.